The fourth-order valence-corrected chi connectivity index (χ4v) is 4.65. The highest BCUT2D eigenvalue weighted by molar-refractivity contribution is 6.48. The summed E-state index contributed by atoms with van der Waals surface area (Å²) in [4.78, 5) is 0. The molecular formula is C20H36B2O6. The lowest BCUT2D eigenvalue weighted by atomic mass is 9.71. The van der Waals surface area contributed by atoms with Crippen molar-refractivity contribution < 1.29 is 28.1 Å². The predicted octanol–water partition coefficient (Wildman–Crippen LogP) is 3.42. The Hall–Kier alpha value is -0.110. The first-order valence-electron chi connectivity index (χ1n) is 10.9. The monoisotopic (exact) mass is 394 g/mol. The molecule has 4 rings (SSSR count). The summed E-state index contributed by atoms with van der Waals surface area (Å²) in [6, 6.07) is -0.0286. The molecule has 4 aliphatic rings. The van der Waals surface area contributed by atoms with E-state index in [9.17, 15) is 0 Å². The third-order valence-electron chi connectivity index (χ3n) is 7.74. The summed E-state index contributed by atoms with van der Waals surface area (Å²) in [5.41, 5.74) is -1.42. The second-order valence-electron chi connectivity index (χ2n) is 10.7. The van der Waals surface area contributed by atoms with Crippen LogP contribution in [-0.4, -0.2) is 62.0 Å². The zero-order chi connectivity index (χ0) is 20.4. The van der Waals surface area contributed by atoms with Crippen LogP contribution in [0.25, 0.3) is 0 Å². The Kier molecular flexibility index (Phi) is 5.25. The molecule has 6 nitrogen and oxygen atoms in total. The van der Waals surface area contributed by atoms with Crippen molar-refractivity contribution in [2.75, 3.05) is 13.2 Å². The highest BCUT2D eigenvalue weighted by atomic mass is 16.7. The minimum atomic E-state index is -0.393. The van der Waals surface area contributed by atoms with Crippen LogP contribution in [-0.2, 0) is 28.1 Å². The van der Waals surface area contributed by atoms with Gasteiger partial charge in [-0.1, -0.05) is 0 Å². The maximum absolute atomic E-state index is 6.49. The van der Waals surface area contributed by atoms with Gasteiger partial charge in [0.15, 0.2) is 0 Å². The van der Waals surface area contributed by atoms with Gasteiger partial charge in [-0.15, -0.1) is 0 Å². The summed E-state index contributed by atoms with van der Waals surface area (Å²) >= 11 is 0. The molecule has 0 aromatic carbocycles. The van der Waals surface area contributed by atoms with E-state index in [4.69, 9.17) is 28.1 Å². The van der Waals surface area contributed by atoms with Crippen molar-refractivity contribution >= 4 is 14.2 Å². The molecule has 4 atom stereocenters. The minimum absolute atomic E-state index is 0.0286. The fourth-order valence-electron chi connectivity index (χ4n) is 4.65. The van der Waals surface area contributed by atoms with Crippen molar-refractivity contribution in [2.24, 2.45) is 0 Å². The molecule has 0 amide bonds. The molecule has 0 spiro atoms. The smallest absolute Gasteiger partial charge is 0.403 e. The summed E-state index contributed by atoms with van der Waals surface area (Å²) in [7, 11) is -0.497. The normalized spacial score (nSPS) is 41.9. The van der Waals surface area contributed by atoms with Crippen molar-refractivity contribution in [1.29, 1.82) is 0 Å². The third kappa shape index (κ3) is 3.58. The lowest BCUT2D eigenvalue weighted by Gasteiger charge is -2.38. The molecule has 4 saturated heterocycles. The van der Waals surface area contributed by atoms with Gasteiger partial charge in [-0.05, 0) is 67.7 Å². The van der Waals surface area contributed by atoms with Crippen LogP contribution in [0.2, 0.25) is 5.82 Å². The Morgan fingerprint density at radius 1 is 0.750 bits per heavy atom. The quantitative estimate of drug-likeness (QED) is 0.682. The zero-order valence-electron chi connectivity index (χ0n) is 18.6. The van der Waals surface area contributed by atoms with E-state index in [1.807, 2.05) is 0 Å². The van der Waals surface area contributed by atoms with Gasteiger partial charge < -0.3 is 28.1 Å². The first-order chi connectivity index (χ1) is 12.9. The first-order valence-corrected chi connectivity index (χ1v) is 10.9. The minimum Gasteiger partial charge on any atom is -0.403 e. The summed E-state index contributed by atoms with van der Waals surface area (Å²) in [6.45, 7) is 16.3. The van der Waals surface area contributed by atoms with Crippen LogP contribution in [0.4, 0.5) is 0 Å². The van der Waals surface area contributed by atoms with Gasteiger partial charge in [0.2, 0.25) is 0 Å². The molecule has 0 saturated carbocycles. The van der Waals surface area contributed by atoms with Crippen LogP contribution < -0.4 is 0 Å². The fraction of sp³-hybridized carbons (Fsp3) is 1.00. The van der Waals surface area contributed by atoms with E-state index in [1.165, 1.54) is 0 Å². The Morgan fingerprint density at radius 2 is 1.39 bits per heavy atom. The largest absolute Gasteiger partial charge is 0.488 e. The number of hydrogen-bond donors (Lipinski definition) is 0. The van der Waals surface area contributed by atoms with Crippen LogP contribution >= 0.6 is 0 Å². The molecule has 4 unspecified atom stereocenters. The van der Waals surface area contributed by atoms with Gasteiger partial charge in [0, 0.05) is 25.5 Å². The molecule has 4 heterocycles. The second-order valence-corrected chi connectivity index (χ2v) is 10.7. The summed E-state index contributed by atoms with van der Waals surface area (Å²) < 4.78 is 37.2. The summed E-state index contributed by atoms with van der Waals surface area (Å²) in [5, 5.41) is 0. The van der Waals surface area contributed by atoms with Crippen LogP contribution in [0.3, 0.4) is 0 Å². The third-order valence-corrected chi connectivity index (χ3v) is 7.74. The van der Waals surface area contributed by atoms with Crippen molar-refractivity contribution in [1.82, 2.24) is 0 Å². The van der Waals surface area contributed by atoms with Crippen molar-refractivity contribution in [3.63, 3.8) is 0 Å². The molecule has 0 N–H and O–H groups in total. The van der Waals surface area contributed by atoms with E-state index in [2.05, 4.69) is 48.5 Å². The number of rotatable bonds is 4. The SMILES string of the molecule is CC1(C)OB(C2CCC(CC3(C)OB(C4CCOC4)OC3(C)C)O2)OC1(C)C. The molecule has 4 aliphatic heterocycles. The number of ether oxygens (including phenoxy) is 2. The Bertz CT molecular complexity index is 575. The molecule has 0 radical (unpaired) electrons. The molecule has 0 aliphatic carbocycles. The van der Waals surface area contributed by atoms with Crippen LogP contribution in [0.15, 0.2) is 0 Å². The maximum Gasteiger partial charge on any atom is 0.488 e. The molecule has 8 heteroatoms. The van der Waals surface area contributed by atoms with E-state index in [1.54, 1.807) is 0 Å². The van der Waals surface area contributed by atoms with Gasteiger partial charge in [-0.3, -0.25) is 0 Å². The molecule has 0 aromatic heterocycles. The van der Waals surface area contributed by atoms with Crippen molar-refractivity contribution in [2.45, 2.75) is 114 Å². The first kappa shape index (κ1) is 21.1. The standard InChI is InChI=1S/C20H36B2O6/c1-17(2)18(3,4)26-22(25-17)16-9-8-15(24-16)12-20(7)19(5,6)27-21(28-20)14-10-11-23-13-14/h14-16H,8-13H2,1-7H3. The average molecular weight is 394 g/mol. The molecule has 28 heavy (non-hydrogen) atoms. The molecule has 0 aromatic rings. The maximum atomic E-state index is 6.49. The Balaban J connectivity index is 1.37. The van der Waals surface area contributed by atoms with Crippen LogP contribution in [0, 0.1) is 0 Å². The van der Waals surface area contributed by atoms with E-state index in [0.29, 0.717) is 5.82 Å². The lowest BCUT2D eigenvalue weighted by Crippen LogP contribution is -2.47. The highest BCUT2D eigenvalue weighted by Gasteiger charge is 2.59. The zero-order valence-corrected chi connectivity index (χ0v) is 18.6. The summed E-state index contributed by atoms with van der Waals surface area (Å²) in [6.07, 6.45) is 3.86. The van der Waals surface area contributed by atoms with Crippen LogP contribution in [0.1, 0.15) is 74.1 Å². The van der Waals surface area contributed by atoms with Gasteiger partial charge in [0.1, 0.15) is 0 Å². The van der Waals surface area contributed by atoms with Crippen molar-refractivity contribution in [3.05, 3.63) is 0 Å². The predicted molar refractivity (Wildman–Crippen MR) is 108 cm³/mol. The van der Waals surface area contributed by atoms with Gasteiger partial charge in [-0.2, -0.15) is 0 Å². The molecular weight excluding hydrogens is 358 g/mol. The van der Waals surface area contributed by atoms with E-state index >= 15 is 0 Å². The van der Waals surface area contributed by atoms with E-state index in [0.717, 1.165) is 38.9 Å². The van der Waals surface area contributed by atoms with Gasteiger partial charge in [0.05, 0.1) is 34.5 Å². The van der Waals surface area contributed by atoms with Crippen molar-refractivity contribution in [3.8, 4) is 0 Å². The Morgan fingerprint density at radius 3 is 2.00 bits per heavy atom. The van der Waals surface area contributed by atoms with Gasteiger partial charge >= 0.3 is 14.2 Å². The highest BCUT2D eigenvalue weighted by Crippen LogP contribution is 2.47. The van der Waals surface area contributed by atoms with Gasteiger partial charge in [-0.25, -0.2) is 0 Å². The van der Waals surface area contributed by atoms with Gasteiger partial charge in [0.25, 0.3) is 0 Å². The molecule has 4 fully saturated rings. The van der Waals surface area contributed by atoms with Crippen LogP contribution in [0.5, 0.6) is 0 Å². The number of hydrogen-bond acceptors (Lipinski definition) is 6. The second kappa shape index (κ2) is 6.96. The van der Waals surface area contributed by atoms with E-state index < -0.39 is 5.60 Å². The molecule has 0 bridgehead atoms. The Labute approximate surface area is 170 Å². The molecule has 158 valence electrons. The average Bonchev–Trinajstić information content (AvgIpc) is 3.30. The van der Waals surface area contributed by atoms with E-state index in [-0.39, 0.29) is 43.1 Å². The lowest BCUT2D eigenvalue weighted by molar-refractivity contribution is -0.0549. The topological polar surface area (TPSA) is 55.4 Å². The summed E-state index contributed by atoms with van der Waals surface area (Å²) in [5.74, 6) is 0.322.